The molecule has 1 aromatic heterocycles. The third-order valence-electron chi connectivity index (χ3n) is 2.61. The average Bonchev–Trinajstić information content (AvgIpc) is 2.83. The van der Waals surface area contributed by atoms with E-state index in [2.05, 4.69) is 31.2 Å². The average molecular weight is 328 g/mol. The minimum Gasteiger partial charge on any atom is -0.383 e. The summed E-state index contributed by atoms with van der Waals surface area (Å²) in [6.45, 7) is 2.14. The van der Waals surface area contributed by atoms with Gasteiger partial charge >= 0.3 is 0 Å². The summed E-state index contributed by atoms with van der Waals surface area (Å²) in [4.78, 5) is 7.50. The van der Waals surface area contributed by atoms with Crippen molar-refractivity contribution in [3.8, 4) is 11.4 Å². The number of nitrogens with one attached hydrogen (secondary N) is 2. The monoisotopic (exact) mass is 327 g/mol. The Morgan fingerprint density at radius 1 is 1.47 bits per heavy atom. The van der Waals surface area contributed by atoms with E-state index in [1.807, 2.05) is 0 Å². The van der Waals surface area contributed by atoms with Gasteiger partial charge in [-0.15, -0.1) is 0 Å². The van der Waals surface area contributed by atoms with Crippen molar-refractivity contribution in [1.29, 1.82) is 0 Å². The second-order valence-corrected chi connectivity index (χ2v) is 4.91. The molecule has 0 aliphatic carbocycles. The standard InChI is InChI=1S/C13H15BrFN3O/c1-19-5-4-16-7-10-8-17-13(18-10)11-3-2-9(15)6-12(11)14/h2-3,6,8,16H,4-5,7H2,1H3,(H,17,18). The number of imidazole rings is 1. The number of ether oxygens (including phenoxy) is 1. The molecule has 4 nitrogen and oxygen atoms in total. The molecule has 102 valence electrons. The number of H-pyrrole nitrogens is 1. The van der Waals surface area contributed by atoms with Crippen molar-refractivity contribution in [3.05, 3.63) is 40.4 Å². The summed E-state index contributed by atoms with van der Waals surface area (Å²) in [5, 5.41) is 3.22. The smallest absolute Gasteiger partial charge is 0.138 e. The highest BCUT2D eigenvalue weighted by molar-refractivity contribution is 9.10. The maximum absolute atomic E-state index is 13.0. The molecule has 0 amide bonds. The second-order valence-electron chi connectivity index (χ2n) is 4.05. The van der Waals surface area contributed by atoms with Gasteiger partial charge in [0.15, 0.2) is 0 Å². The van der Waals surface area contributed by atoms with Crippen LogP contribution >= 0.6 is 15.9 Å². The van der Waals surface area contributed by atoms with Gasteiger partial charge < -0.3 is 15.0 Å². The Morgan fingerprint density at radius 2 is 2.32 bits per heavy atom. The highest BCUT2D eigenvalue weighted by atomic mass is 79.9. The van der Waals surface area contributed by atoms with E-state index in [1.54, 1.807) is 19.4 Å². The van der Waals surface area contributed by atoms with Gasteiger partial charge in [0.2, 0.25) is 0 Å². The van der Waals surface area contributed by atoms with Crippen molar-refractivity contribution < 1.29 is 9.13 Å². The molecule has 0 saturated heterocycles. The summed E-state index contributed by atoms with van der Waals surface area (Å²) >= 11 is 3.33. The van der Waals surface area contributed by atoms with Crippen molar-refractivity contribution in [2.24, 2.45) is 0 Å². The van der Waals surface area contributed by atoms with Crippen molar-refractivity contribution in [2.45, 2.75) is 6.54 Å². The summed E-state index contributed by atoms with van der Waals surface area (Å²) in [7, 11) is 1.67. The fourth-order valence-electron chi connectivity index (χ4n) is 1.66. The van der Waals surface area contributed by atoms with Crippen LogP contribution in [0.15, 0.2) is 28.9 Å². The van der Waals surface area contributed by atoms with Crippen LogP contribution in [0, 0.1) is 5.82 Å². The quantitative estimate of drug-likeness (QED) is 0.802. The van der Waals surface area contributed by atoms with E-state index < -0.39 is 0 Å². The molecule has 1 aromatic carbocycles. The third-order valence-corrected chi connectivity index (χ3v) is 3.27. The van der Waals surface area contributed by atoms with Crippen molar-refractivity contribution >= 4 is 15.9 Å². The van der Waals surface area contributed by atoms with E-state index in [1.165, 1.54) is 12.1 Å². The fraction of sp³-hybridized carbons (Fsp3) is 0.308. The molecule has 6 heteroatoms. The number of aromatic amines is 1. The van der Waals surface area contributed by atoms with Crippen LogP contribution in [0.4, 0.5) is 4.39 Å². The minimum absolute atomic E-state index is 0.274. The zero-order valence-corrected chi connectivity index (χ0v) is 12.1. The number of aromatic nitrogens is 2. The Balaban J connectivity index is 2.04. The number of hydrogen-bond acceptors (Lipinski definition) is 3. The lowest BCUT2D eigenvalue weighted by molar-refractivity contribution is 0.199. The SMILES string of the molecule is COCCNCc1cnc(-c2ccc(F)cc2Br)[nH]1. The van der Waals surface area contributed by atoms with E-state index in [0.29, 0.717) is 17.6 Å². The lowest BCUT2D eigenvalue weighted by Crippen LogP contribution is -2.18. The molecule has 2 rings (SSSR count). The maximum Gasteiger partial charge on any atom is 0.138 e. The normalized spacial score (nSPS) is 10.9. The summed E-state index contributed by atoms with van der Waals surface area (Å²) in [6, 6.07) is 4.54. The van der Waals surface area contributed by atoms with E-state index in [9.17, 15) is 4.39 Å². The first-order valence-corrected chi connectivity index (χ1v) is 6.69. The zero-order chi connectivity index (χ0) is 13.7. The van der Waals surface area contributed by atoms with E-state index in [4.69, 9.17) is 4.74 Å². The number of halogens is 2. The molecular formula is C13H15BrFN3O. The van der Waals surface area contributed by atoms with Gasteiger partial charge in [-0.05, 0) is 34.1 Å². The topological polar surface area (TPSA) is 49.9 Å². The molecule has 0 fully saturated rings. The molecule has 0 spiro atoms. The Labute approximate surface area is 119 Å². The molecule has 1 heterocycles. The molecular weight excluding hydrogens is 313 g/mol. The zero-order valence-electron chi connectivity index (χ0n) is 10.5. The Morgan fingerprint density at radius 3 is 3.05 bits per heavy atom. The van der Waals surface area contributed by atoms with E-state index in [0.717, 1.165) is 23.6 Å². The highest BCUT2D eigenvalue weighted by Gasteiger charge is 2.08. The number of nitrogens with zero attached hydrogens (tertiary/aromatic N) is 1. The molecule has 0 saturated carbocycles. The fourth-order valence-corrected chi connectivity index (χ4v) is 2.20. The lowest BCUT2D eigenvalue weighted by atomic mass is 10.2. The molecule has 19 heavy (non-hydrogen) atoms. The maximum atomic E-state index is 13.0. The van der Waals surface area contributed by atoms with Gasteiger partial charge in [-0.2, -0.15) is 0 Å². The largest absolute Gasteiger partial charge is 0.383 e. The van der Waals surface area contributed by atoms with Crippen LogP contribution in [0.1, 0.15) is 5.69 Å². The van der Waals surface area contributed by atoms with Crippen LogP contribution < -0.4 is 5.32 Å². The summed E-state index contributed by atoms with van der Waals surface area (Å²) in [5.41, 5.74) is 1.81. The molecule has 0 bridgehead atoms. The van der Waals surface area contributed by atoms with Crippen LogP contribution in [-0.4, -0.2) is 30.2 Å². The van der Waals surface area contributed by atoms with Crippen LogP contribution in [0.5, 0.6) is 0 Å². The Bertz CT molecular complexity index is 544. The number of methoxy groups -OCH3 is 1. The molecule has 0 aliphatic heterocycles. The van der Waals surface area contributed by atoms with Crippen LogP contribution in [0.25, 0.3) is 11.4 Å². The van der Waals surface area contributed by atoms with Crippen LogP contribution in [0.2, 0.25) is 0 Å². The molecule has 0 radical (unpaired) electrons. The highest BCUT2D eigenvalue weighted by Crippen LogP contribution is 2.26. The number of hydrogen-bond donors (Lipinski definition) is 2. The Kier molecular flexibility index (Phi) is 5.07. The molecule has 0 aliphatic rings. The summed E-state index contributed by atoms with van der Waals surface area (Å²) < 4.78 is 18.7. The van der Waals surface area contributed by atoms with Crippen molar-refractivity contribution in [2.75, 3.05) is 20.3 Å². The van der Waals surface area contributed by atoms with E-state index in [-0.39, 0.29) is 5.82 Å². The predicted octanol–water partition coefficient (Wildman–Crippen LogP) is 2.71. The van der Waals surface area contributed by atoms with E-state index >= 15 is 0 Å². The third kappa shape index (κ3) is 3.86. The van der Waals surface area contributed by atoms with Gasteiger partial charge in [-0.1, -0.05) is 0 Å². The summed E-state index contributed by atoms with van der Waals surface area (Å²) in [6.07, 6.45) is 1.77. The first-order chi connectivity index (χ1) is 9.20. The lowest BCUT2D eigenvalue weighted by Gasteiger charge is -2.02. The van der Waals surface area contributed by atoms with Crippen molar-refractivity contribution in [1.82, 2.24) is 15.3 Å². The molecule has 2 aromatic rings. The van der Waals surface area contributed by atoms with Crippen LogP contribution in [0.3, 0.4) is 0 Å². The van der Waals surface area contributed by atoms with Crippen LogP contribution in [-0.2, 0) is 11.3 Å². The molecule has 0 atom stereocenters. The number of rotatable bonds is 6. The van der Waals surface area contributed by atoms with Gasteiger partial charge in [-0.25, -0.2) is 9.37 Å². The molecule has 0 unspecified atom stereocenters. The summed E-state index contributed by atoms with van der Waals surface area (Å²) in [5.74, 6) is 0.444. The predicted molar refractivity (Wildman–Crippen MR) is 75.3 cm³/mol. The second kappa shape index (κ2) is 6.79. The minimum atomic E-state index is -0.274. The molecule has 2 N–H and O–H groups in total. The number of benzene rings is 1. The van der Waals surface area contributed by atoms with Crippen molar-refractivity contribution in [3.63, 3.8) is 0 Å². The van der Waals surface area contributed by atoms with Gasteiger partial charge in [-0.3, -0.25) is 0 Å². The first kappa shape index (κ1) is 14.2. The van der Waals surface area contributed by atoms with Gasteiger partial charge in [0.05, 0.1) is 6.61 Å². The van der Waals surface area contributed by atoms with Gasteiger partial charge in [0, 0.05) is 42.1 Å². The van der Waals surface area contributed by atoms with Gasteiger partial charge in [0.25, 0.3) is 0 Å². The first-order valence-electron chi connectivity index (χ1n) is 5.89. The Hall–Kier alpha value is -1.24. The van der Waals surface area contributed by atoms with Gasteiger partial charge in [0.1, 0.15) is 11.6 Å².